The Labute approximate surface area is 72.8 Å². The number of pyridine rings is 1. The minimum atomic E-state index is -2.71. The zero-order chi connectivity index (χ0) is 9.30. The lowest BCUT2D eigenvalue weighted by Crippen LogP contribution is -1.93. The second kappa shape index (κ2) is 3.23. The fraction of sp³-hybridized carbons (Fsp3) is 0.286. The van der Waals surface area contributed by atoms with Gasteiger partial charge in [0.2, 0.25) is 0 Å². The van der Waals surface area contributed by atoms with Gasteiger partial charge in [-0.2, -0.15) is 0 Å². The number of alkyl halides is 2. The van der Waals surface area contributed by atoms with Gasteiger partial charge in [0.15, 0.2) is 0 Å². The molecule has 1 rings (SSSR count). The highest BCUT2D eigenvalue weighted by Gasteiger charge is 2.16. The maximum absolute atomic E-state index is 12.1. The highest BCUT2D eigenvalue weighted by Crippen LogP contribution is 2.31. The number of aromatic nitrogens is 1. The summed E-state index contributed by atoms with van der Waals surface area (Å²) in [6, 6.07) is 0. The maximum Gasteiger partial charge on any atom is 0.281 e. The van der Waals surface area contributed by atoms with Crippen molar-refractivity contribution in [1.29, 1.82) is 0 Å². The van der Waals surface area contributed by atoms with Crippen LogP contribution in [0.1, 0.15) is 17.7 Å². The largest absolute Gasteiger partial charge is 0.506 e. The van der Waals surface area contributed by atoms with Gasteiger partial charge in [0.05, 0.1) is 11.2 Å². The first-order valence-electron chi connectivity index (χ1n) is 3.16. The first-order chi connectivity index (χ1) is 5.54. The van der Waals surface area contributed by atoms with Crippen LogP contribution >= 0.6 is 11.6 Å². The zero-order valence-electron chi connectivity index (χ0n) is 6.18. The molecule has 66 valence electrons. The van der Waals surface area contributed by atoms with E-state index < -0.39 is 12.1 Å². The van der Waals surface area contributed by atoms with Gasteiger partial charge >= 0.3 is 0 Å². The van der Waals surface area contributed by atoms with Gasteiger partial charge in [0.25, 0.3) is 6.43 Å². The number of rotatable bonds is 1. The number of halogens is 3. The standard InChI is InChI=1S/C7H6ClF2NO/c1-3-4(12)2-11-6(5(3)8)7(9)10/h2,7,12H,1H3. The van der Waals surface area contributed by atoms with Gasteiger partial charge in [0.1, 0.15) is 11.4 Å². The molecule has 5 heteroatoms. The highest BCUT2D eigenvalue weighted by atomic mass is 35.5. The molecular weight excluding hydrogens is 188 g/mol. The van der Waals surface area contributed by atoms with Crippen molar-refractivity contribution < 1.29 is 13.9 Å². The van der Waals surface area contributed by atoms with Crippen LogP contribution in [0.5, 0.6) is 5.75 Å². The molecule has 0 amide bonds. The molecule has 1 aromatic rings. The smallest absolute Gasteiger partial charge is 0.281 e. The summed E-state index contributed by atoms with van der Waals surface area (Å²) in [5.74, 6) is -0.176. The molecule has 0 aromatic carbocycles. The Balaban J connectivity index is 3.27. The summed E-state index contributed by atoms with van der Waals surface area (Å²) in [5.41, 5.74) is -0.270. The van der Waals surface area contributed by atoms with E-state index in [9.17, 15) is 8.78 Å². The monoisotopic (exact) mass is 193 g/mol. The van der Waals surface area contributed by atoms with Crippen LogP contribution in [0.4, 0.5) is 8.78 Å². The van der Waals surface area contributed by atoms with Crippen LogP contribution in [0.3, 0.4) is 0 Å². The normalized spacial score (nSPS) is 10.8. The Morgan fingerprint density at radius 3 is 2.67 bits per heavy atom. The lowest BCUT2D eigenvalue weighted by molar-refractivity contribution is 0.146. The summed E-state index contributed by atoms with van der Waals surface area (Å²) in [6.45, 7) is 1.45. The summed E-state index contributed by atoms with van der Waals surface area (Å²) < 4.78 is 24.2. The van der Waals surface area contributed by atoms with Crippen molar-refractivity contribution in [3.63, 3.8) is 0 Å². The molecule has 1 aromatic heterocycles. The average Bonchev–Trinajstić information content (AvgIpc) is 2.00. The topological polar surface area (TPSA) is 33.1 Å². The third-order valence-corrected chi connectivity index (χ3v) is 1.95. The lowest BCUT2D eigenvalue weighted by Gasteiger charge is -2.05. The van der Waals surface area contributed by atoms with Crippen molar-refractivity contribution in [2.45, 2.75) is 13.3 Å². The minimum absolute atomic E-state index is 0.176. The third kappa shape index (κ3) is 1.48. The molecular formula is C7H6ClF2NO. The number of nitrogens with zero attached hydrogens (tertiary/aromatic N) is 1. The maximum atomic E-state index is 12.1. The predicted molar refractivity (Wildman–Crippen MR) is 40.6 cm³/mol. The van der Waals surface area contributed by atoms with E-state index in [0.717, 1.165) is 6.20 Å². The molecule has 2 nitrogen and oxygen atoms in total. The quantitative estimate of drug-likeness (QED) is 0.744. The summed E-state index contributed by atoms with van der Waals surface area (Å²) in [5, 5.41) is 8.84. The van der Waals surface area contributed by atoms with Crippen molar-refractivity contribution in [1.82, 2.24) is 4.98 Å². The molecule has 1 heterocycles. The second-order valence-corrected chi connectivity index (χ2v) is 2.65. The van der Waals surface area contributed by atoms with E-state index in [4.69, 9.17) is 16.7 Å². The highest BCUT2D eigenvalue weighted by molar-refractivity contribution is 6.32. The number of hydrogen-bond donors (Lipinski definition) is 1. The minimum Gasteiger partial charge on any atom is -0.506 e. The Bertz CT molecular complexity index is 304. The van der Waals surface area contributed by atoms with Gasteiger partial charge in [-0.25, -0.2) is 13.8 Å². The van der Waals surface area contributed by atoms with Gasteiger partial charge < -0.3 is 5.11 Å². The molecule has 0 aliphatic carbocycles. The molecule has 0 atom stereocenters. The van der Waals surface area contributed by atoms with Crippen molar-refractivity contribution in [2.75, 3.05) is 0 Å². The van der Waals surface area contributed by atoms with E-state index >= 15 is 0 Å². The van der Waals surface area contributed by atoms with E-state index in [0.29, 0.717) is 0 Å². The van der Waals surface area contributed by atoms with Gasteiger partial charge in [-0.3, -0.25) is 0 Å². The van der Waals surface area contributed by atoms with Gasteiger partial charge in [-0.05, 0) is 6.92 Å². The molecule has 0 saturated heterocycles. The number of aromatic hydroxyl groups is 1. The molecule has 0 saturated carbocycles. The first kappa shape index (κ1) is 9.19. The summed E-state index contributed by atoms with van der Waals surface area (Å²) in [7, 11) is 0. The Hall–Kier alpha value is -0.900. The van der Waals surface area contributed by atoms with Gasteiger partial charge in [-0.15, -0.1) is 0 Å². The van der Waals surface area contributed by atoms with Crippen LogP contribution in [0, 0.1) is 6.92 Å². The van der Waals surface area contributed by atoms with E-state index in [2.05, 4.69) is 4.98 Å². The fourth-order valence-corrected chi connectivity index (χ4v) is 0.969. The second-order valence-electron chi connectivity index (χ2n) is 2.27. The summed E-state index contributed by atoms with van der Waals surface area (Å²) in [4.78, 5) is 3.31. The Morgan fingerprint density at radius 1 is 1.58 bits per heavy atom. The van der Waals surface area contributed by atoms with E-state index in [1.54, 1.807) is 0 Å². The third-order valence-electron chi connectivity index (χ3n) is 1.47. The van der Waals surface area contributed by atoms with E-state index in [1.807, 2.05) is 0 Å². The van der Waals surface area contributed by atoms with Crippen LogP contribution in [-0.2, 0) is 0 Å². The molecule has 1 N–H and O–H groups in total. The molecule has 0 spiro atoms. The lowest BCUT2D eigenvalue weighted by atomic mass is 10.2. The summed E-state index contributed by atoms with van der Waals surface area (Å²) >= 11 is 5.49. The molecule has 0 aliphatic heterocycles. The van der Waals surface area contributed by atoms with Crippen molar-refractivity contribution in [3.05, 3.63) is 22.5 Å². The molecule has 0 aliphatic rings. The van der Waals surface area contributed by atoms with Crippen LogP contribution in [0.25, 0.3) is 0 Å². The van der Waals surface area contributed by atoms with Crippen LogP contribution < -0.4 is 0 Å². The van der Waals surface area contributed by atoms with Crippen LogP contribution in [-0.4, -0.2) is 10.1 Å². The molecule has 0 fully saturated rings. The van der Waals surface area contributed by atoms with E-state index in [1.165, 1.54) is 6.92 Å². The molecule has 0 bridgehead atoms. The average molecular weight is 194 g/mol. The van der Waals surface area contributed by atoms with Crippen LogP contribution in [0.2, 0.25) is 5.02 Å². The molecule has 0 radical (unpaired) electrons. The Morgan fingerprint density at radius 2 is 2.17 bits per heavy atom. The fourth-order valence-electron chi connectivity index (χ4n) is 0.741. The first-order valence-corrected chi connectivity index (χ1v) is 3.54. The van der Waals surface area contributed by atoms with Gasteiger partial charge in [-0.1, -0.05) is 11.6 Å². The van der Waals surface area contributed by atoms with Crippen LogP contribution in [0.15, 0.2) is 6.20 Å². The van der Waals surface area contributed by atoms with Crippen molar-refractivity contribution in [2.24, 2.45) is 0 Å². The SMILES string of the molecule is Cc1c(O)cnc(C(F)F)c1Cl. The van der Waals surface area contributed by atoms with Gasteiger partial charge in [0, 0.05) is 5.56 Å². The zero-order valence-corrected chi connectivity index (χ0v) is 6.94. The van der Waals surface area contributed by atoms with Crippen molar-refractivity contribution >= 4 is 11.6 Å². The number of hydrogen-bond acceptors (Lipinski definition) is 2. The Kier molecular flexibility index (Phi) is 2.47. The molecule has 0 unspecified atom stereocenters. The predicted octanol–water partition coefficient (Wildman–Crippen LogP) is 2.69. The van der Waals surface area contributed by atoms with E-state index in [-0.39, 0.29) is 16.3 Å². The summed E-state index contributed by atoms with van der Waals surface area (Å²) in [6.07, 6.45) is -1.75. The van der Waals surface area contributed by atoms with Crippen molar-refractivity contribution in [3.8, 4) is 5.75 Å². The molecule has 12 heavy (non-hydrogen) atoms.